The minimum Gasteiger partial charge on any atom is -0.456 e. The van der Waals surface area contributed by atoms with Crippen LogP contribution in [0.3, 0.4) is 0 Å². The molecular formula is C51H29N5O. The Labute approximate surface area is 324 Å². The van der Waals surface area contributed by atoms with Gasteiger partial charge in [-0.2, -0.15) is 0 Å². The minimum atomic E-state index is 0.583. The number of rotatable bonds is 4. The van der Waals surface area contributed by atoms with E-state index in [1.165, 1.54) is 48.9 Å². The number of hydrogen-bond donors (Lipinski definition) is 0. The molecule has 0 saturated heterocycles. The monoisotopic (exact) mass is 727 g/mol. The fraction of sp³-hybridized carbons (Fsp3) is 0. The molecule has 0 aliphatic heterocycles. The quantitative estimate of drug-likeness (QED) is 0.181. The molecule has 0 unspecified atom stereocenters. The van der Waals surface area contributed by atoms with Crippen molar-refractivity contribution < 1.29 is 4.42 Å². The molecule has 0 radical (unpaired) electrons. The Morgan fingerprint density at radius 2 is 0.930 bits per heavy atom. The Kier molecular flexibility index (Phi) is 6.07. The van der Waals surface area contributed by atoms with E-state index in [4.69, 9.17) is 19.4 Å². The van der Waals surface area contributed by atoms with Gasteiger partial charge in [-0.1, -0.05) is 133 Å². The second-order valence-electron chi connectivity index (χ2n) is 14.8. The fourth-order valence-electron chi connectivity index (χ4n) is 9.24. The van der Waals surface area contributed by atoms with Crippen LogP contribution < -0.4 is 0 Å². The SMILES string of the molecule is c1ccc(-c2nc(-c3ccccc3)nc(-c3cc(-n4c5ccccc5c5cc6c7cccc8c9ccccc9n(c6cc54)c87)cc4oc5ccccc5c34)n2)cc1. The molecule has 0 atom stereocenters. The maximum Gasteiger partial charge on any atom is 0.164 e. The van der Waals surface area contributed by atoms with Crippen molar-refractivity contribution in [2.75, 3.05) is 0 Å². The third kappa shape index (κ3) is 4.26. The fourth-order valence-corrected chi connectivity index (χ4v) is 9.24. The first kappa shape index (κ1) is 30.5. The standard InChI is InChI=1S/C51H29N5O/c1-3-14-30(15-4-1)49-52-50(31-16-5-2-6-17-31)54-51(53-49)40-26-32(27-46-47(40)37-20-9-12-25-45(37)57-46)55-41-23-10-8-19-34(41)38-28-39-36-22-13-21-35-33-18-7-11-24-42(33)56(48(35)36)44(39)29-43(38)55/h1-29H. The molecule has 0 aliphatic rings. The largest absolute Gasteiger partial charge is 0.456 e. The van der Waals surface area contributed by atoms with E-state index >= 15 is 0 Å². The Bertz CT molecular complexity index is 3690. The molecule has 13 rings (SSSR count). The summed E-state index contributed by atoms with van der Waals surface area (Å²) in [4.78, 5) is 15.5. The number of nitrogens with zero attached hydrogens (tertiary/aromatic N) is 5. The predicted molar refractivity (Wildman–Crippen MR) is 232 cm³/mol. The van der Waals surface area contributed by atoms with E-state index in [1.807, 2.05) is 72.8 Å². The first-order chi connectivity index (χ1) is 28.3. The Morgan fingerprint density at radius 3 is 1.67 bits per heavy atom. The van der Waals surface area contributed by atoms with Crippen LogP contribution in [-0.2, 0) is 0 Å². The topological polar surface area (TPSA) is 61.2 Å². The van der Waals surface area contributed by atoms with Crippen molar-refractivity contribution in [2.24, 2.45) is 0 Å². The molecule has 0 fully saturated rings. The van der Waals surface area contributed by atoms with E-state index in [2.05, 4.69) is 112 Å². The van der Waals surface area contributed by atoms with Crippen LogP contribution in [0.25, 0.3) is 122 Å². The summed E-state index contributed by atoms with van der Waals surface area (Å²) in [7, 11) is 0. The second-order valence-corrected chi connectivity index (χ2v) is 14.8. The molecule has 6 heteroatoms. The lowest BCUT2D eigenvalue weighted by Gasteiger charge is -2.13. The Hall–Kier alpha value is -7.83. The summed E-state index contributed by atoms with van der Waals surface area (Å²) in [5, 5.41) is 9.42. The molecule has 0 amide bonds. The third-order valence-corrected chi connectivity index (χ3v) is 11.7. The summed E-state index contributed by atoms with van der Waals surface area (Å²) in [6.07, 6.45) is 0. The van der Waals surface area contributed by atoms with Crippen LogP contribution in [0.15, 0.2) is 180 Å². The highest BCUT2D eigenvalue weighted by molar-refractivity contribution is 6.26. The van der Waals surface area contributed by atoms with Gasteiger partial charge in [0.25, 0.3) is 0 Å². The maximum absolute atomic E-state index is 6.71. The predicted octanol–water partition coefficient (Wildman–Crippen LogP) is 13.0. The van der Waals surface area contributed by atoms with Crippen molar-refractivity contribution >= 4 is 81.8 Å². The summed E-state index contributed by atoms with van der Waals surface area (Å²) in [6.45, 7) is 0. The van der Waals surface area contributed by atoms with Crippen molar-refractivity contribution in [3.05, 3.63) is 176 Å². The van der Waals surface area contributed by atoms with E-state index in [-0.39, 0.29) is 0 Å². The van der Waals surface area contributed by atoms with Crippen LogP contribution in [0.1, 0.15) is 0 Å². The lowest BCUT2D eigenvalue weighted by atomic mass is 10.0. The molecular weight excluding hydrogens is 699 g/mol. The van der Waals surface area contributed by atoms with Gasteiger partial charge in [0.1, 0.15) is 11.2 Å². The second kappa shape index (κ2) is 11.4. The average molecular weight is 728 g/mol. The van der Waals surface area contributed by atoms with Crippen LogP contribution in [0.4, 0.5) is 0 Å². The summed E-state index contributed by atoms with van der Waals surface area (Å²) in [5.74, 6) is 1.81. The Morgan fingerprint density at radius 1 is 0.368 bits per heavy atom. The highest BCUT2D eigenvalue weighted by Gasteiger charge is 2.23. The molecule has 0 aliphatic carbocycles. The van der Waals surface area contributed by atoms with Gasteiger partial charge in [0, 0.05) is 65.8 Å². The van der Waals surface area contributed by atoms with Gasteiger partial charge < -0.3 is 13.4 Å². The zero-order chi connectivity index (χ0) is 37.2. The van der Waals surface area contributed by atoms with Crippen molar-refractivity contribution in [2.45, 2.75) is 0 Å². The molecule has 5 aromatic heterocycles. The maximum atomic E-state index is 6.71. The number of furan rings is 1. The molecule has 0 saturated carbocycles. The number of benzene rings is 8. The molecule has 0 N–H and O–H groups in total. The van der Waals surface area contributed by atoms with Crippen LogP contribution in [0, 0.1) is 0 Å². The van der Waals surface area contributed by atoms with Gasteiger partial charge in [-0.15, -0.1) is 0 Å². The average Bonchev–Trinajstić information content (AvgIpc) is 4.01. The first-order valence-electron chi connectivity index (χ1n) is 19.2. The lowest BCUT2D eigenvalue weighted by molar-refractivity contribution is 0.668. The summed E-state index contributed by atoms with van der Waals surface area (Å²) in [5.41, 5.74) is 11.1. The number of hydrogen-bond acceptors (Lipinski definition) is 4. The molecule has 264 valence electrons. The molecule has 57 heavy (non-hydrogen) atoms. The first-order valence-corrected chi connectivity index (χ1v) is 19.2. The van der Waals surface area contributed by atoms with Crippen molar-refractivity contribution in [3.8, 4) is 39.9 Å². The van der Waals surface area contributed by atoms with E-state index in [9.17, 15) is 0 Å². The van der Waals surface area contributed by atoms with E-state index in [1.54, 1.807) is 0 Å². The molecule has 0 bridgehead atoms. The third-order valence-electron chi connectivity index (χ3n) is 11.7. The number of aromatic nitrogens is 5. The molecule has 0 spiro atoms. The van der Waals surface area contributed by atoms with Crippen molar-refractivity contribution in [3.63, 3.8) is 0 Å². The molecule has 6 nitrogen and oxygen atoms in total. The van der Waals surface area contributed by atoms with E-state index < -0.39 is 0 Å². The van der Waals surface area contributed by atoms with E-state index in [0.29, 0.717) is 17.5 Å². The van der Waals surface area contributed by atoms with Crippen LogP contribution in [0.5, 0.6) is 0 Å². The van der Waals surface area contributed by atoms with Gasteiger partial charge in [0.15, 0.2) is 17.5 Å². The molecule has 8 aromatic carbocycles. The Balaban J connectivity index is 1.15. The van der Waals surface area contributed by atoms with Gasteiger partial charge in [-0.25, -0.2) is 15.0 Å². The van der Waals surface area contributed by atoms with Crippen molar-refractivity contribution in [1.29, 1.82) is 0 Å². The van der Waals surface area contributed by atoms with E-state index in [0.717, 1.165) is 55.3 Å². The summed E-state index contributed by atoms with van der Waals surface area (Å²) < 4.78 is 11.5. The van der Waals surface area contributed by atoms with Gasteiger partial charge in [-0.05, 0) is 36.4 Å². The molecule has 13 aromatic rings. The van der Waals surface area contributed by atoms with Crippen LogP contribution in [0.2, 0.25) is 0 Å². The van der Waals surface area contributed by atoms with Crippen molar-refractivity contribution in [1.82, 2.24) is 23.9 Å². The summed E-state index contributed by atoms with van der Waals surface area (Å²) >= 11 is 0. The van der Waals surface area contributed by atoms with Gasteiger partial charge in [0.2, 0.25) is 0 Å². The minimum absolute atomic E-state index is 0.583. The highest BCUT2D eigenvalue weighted by atomic mass is 16.3. The zero-order valence-electron chi connectivity index (χ0n) is 30.4. The zero-order valence-corrected chi connectivity index (χ0v) is 30.4. The number of para-hydroxylation sites is 4. The van der Waals surface area contributed by atoms with Gasteiger partial charge in [0.05, 0.1) is 33.3 Å². The normalized spacial score (nSPS) is 12.2. The number of fused-ring (bicyclic) bond motifs is 12. The van der Waals surface area contributed by atoms with Gasteiger partial charge in [-0.3, -0.25) is 0 Å². The summed E-state index contributed by atoms with van der Waals surface area (Å²) in [6, 6.07) is 61.8. The van der Waals surface area contributed by atoms with Crippen LogP contribution >= 0.6 is 0 Å². The smallest absolute Gasteiger partial charge is 0.164 e. The highest BCUT2D eigenvalue weighted by Crippen LogP contribution is 2.44. The van der Waals surface area contributed by atoms with Gasteiger partial charge >= 0.3 is 0 Å². The lowest BCUT2D eigenvalue weighted by Crippen LogP contribution is -2.01. The van der Waals surface area contributed by atoms with Crippen LogP contribution in [-0.4, -0.2) is 23.9 Å². The molecule has 5 heterocycles.